The van der Waals surface area contributed by atoms with E-state index in [-0.39, 0.29) is 18.2 Å². The van der Waals surface area contributed by atoms with E-state index < -0.39 is 6.04 Å². The molecule has 4 aromatic rings. The molecule has 0 radical (unpaired) electrons. The van der Waals surface area contributed by atoms with Crippen molar-refractivity contribution in [3.63, 3.8) is 0 Å². The van der Waals surface area contributed by atoms with Gasteiger partial charge in [-0.3, -0.25) is 14.5 Å². The molecule has 1 aromatic heterocycles. The van der Waals surface area contributed by atoms with Gasteiger partial charge in [-0.1, -0.05) is 72.8 Å². The van der Waals surface area contributed by atoms with E-state index in [2.05, 4.69) is 33.4 Å². The Balaban J connectivity index is 1.22. The third-order valence-electron chi connectivity index (χ3n) is 7.45. The van der Waals surface area contributed by atoms with Crippen LogP contribution in [0.5, 0.6) is 0 Å². The normalized spacial score (nSPS) is 15.3. The molecule has 1 saturated heterocycles. The van der Waals surface area contributed by atoms with Crippen molar-refractivity contribution >= 4 is 11.8 Å². The zero-order valence-corrected chi connectivity index (χ0v) is 23.0. The van der Waals surface area contributed by atoms with Gasteiger partial charge in [-0.2, -0.15) is 5.26 Å². The molecular weight excluding hydrogens is 512 g/mol. The molecule has 1 atom stereocenters. The summed E-state index contributed by atoms with van der Waals surface area (Å²) in [5.41, 5.74) is 4.83. The third kappa shape index (κ3) is 7.47. The van der Waals surface area contributed by atoms with Crippen molar-refractivity contribution in [2.24, 2.45) is 0 Å². The van der Waals surface area contributed by atoms with E-state index in [0.717, 1.165) is 23.4 Å². The number of benzene rings is 3. The second-order valence-electron chi connectivity index (χ2n) is 10.3. The minimum Gasteiger partial charge on any atom is -0.354 e. The van der Waals surface area contributed by atoms with Crippen molar-refractivity contribution in [2.75, 3.05) is 26.2 Å². The second kappa shape index (κ2) is 13.6. The summed E-state index contributed by atoms with van der Waals surface area (Å²) in [5, 5.41) is 12.1. The lowest BCUT2D eigenvalue weighted by molar-refractivity contribution is -0.143. The highest BCUT2D eigenvalue weighted by atomic mass is 16.2. The maximum atomic E-state index is 13.5. The van der Waals surface area contributed by atoms with E-state index in [1.54, 1.807) is 11.2 Å². The van der Waals surface area contributed by atoms with Gasteiger partial charge in [-0.25, -0.2) is 4.98 Å². The zero-order chi connectivity index (χ0) is 28.4. The third-order valence-corrected chi connectivity index (χ3v) is 7.45. The number of nitriles is 1. The first kappa shape index (κ1) is 27.8. The summed E-state index contributed by atoms with van der Waals surface area (Å²) in [5.74, 6) is -0.168. The molecule has 2 amide bonds. The smallest absolute Gasteiger partial charge is 0.244 e. The first-order valence-electron chi connectivity index (χ1n) is 13.9. The first-order valence-corrected chi connectivity index (χ1v) is 13.9. The van der Waals surface area contributed by atoms with Crippen molar-refractivity contribution in [2.45, 2.75) is 32.0 Å². The Kier molecular flexibility index (Phi) is 9.19. The van der Waals surface area contributed by atoms with Crippen molar-refractivity contribution in [3.05, 3.63) is 125 Å². The second-order valence-corrected chi connectivity index (χ2v) is 10.3. The van der Waals surface area contributed by atoms with E-state index in [9.17, 15) is 9.59 Å². The highest BCUT2D eigenvalue weighted by molar-refractivity contribution is 5.89. The largest absolute Gasteiger partial charge is 0.354 e. The summed E-state index contributed by atoms with van der Waals surface area (Å²) in [6, 6.07) is 29.0. The average Bonchev–Trinajstić information content (AvgIpc) is 3.45. The van der Waals surface area contributed by atoms with Crippen LogP contribution in [0.1, 0.15) is 27.9 Å². The quantitative estimate of drug-likeness (QED) is 0.329. The van der Waals surface area contributed by atoms with Crippen LogP contribution in [0.4, 0.5) is 0 Å². The molecule has 1 N–H and O–H groups in total. The Bertz CT molecular complexity index is 1480. The van der Waals surface area contributed by atoms with Gasteiger partial charge in [0, 0.05) is 57.6 Å². The summed E-state index contributed by atoms with van der Waals surface area (Å²) >= 11 is 0. The fraction of sp³-hybridized carbons (Fsp3) is 0.273. The van der Waals surface area contributed by atoms with Crippen LogP contribution in [-0.2, 0) is 35.5 Å². The minimum atomic E-state index is -0.563. The monoisotopic (exact) mass is 546 g/mol. The van der Waals surface area contributed by atoms with Crippen LogP contribution < -0.4 is 5.32 Å². The van der Waals surface area contributed by atoms with Gasteiger partial charge in [0.05, 0.1) is 24.4 Å². The van der Waals surface area contributed by atoms with Crippen molar-refractivity contribution in [3.8, 4) is 6.07 Å². The van der Waals surface area contributed by atoms with Gasteiger partial charge in [0.15, 0.2) is 0 Å². The number of piperazine rings is 1. The van der Waals surface area contributed by atoms with Crippen LogP contribution in [0.2, 0.25) is 0 Å². The molecule has 1 fully saturated rings. The Morgan fingerprint density at radius 2 is 1.56 bits per heavy atom. The Morgan fingerprint density at radius 1 is 0.878 bits per heavy atom. The van der Waals surface area contributed by atoms with Crippen molar-refractivity contribution < 1.29 is 9.59 Å². The molecule has 8 nitrogen and oxygen atoms in total. The van der Waals surface area contributed by atoms with Crippen molar-refractivity contribution in [1.29, 1.82) is 5.26 Å². The summed E-state index contributed by atoms with van der Waals surface area (Å²) in [7, 11) is 0. The molecule has 8 heteroatoms. The number of rotatable bonds is 10. The predicted molar refractivity (Wildman–Crippen MR) is 157 cm³/mol. The van der Waals surface area contributed by atoms with Crippen LogP contribution in [-0.4, -0.2) is 63.4 Å². The highest BCUT2D eigenvalue weighted by Crippen LogP contribution is 2.16. The molecule has 208 valence electrons. The molecule has 0 bridgehead atoms. The molecule has 0 aliphatic carbocycles. The number of hydrogen-bond acceptors (Lipinski definition) is 5. The summed E-state index contributed by atoms with van der Waals surface area (Å²) in [6.07, 6.45) is 4.48. The summed E-state index contributed by atoms with van der Waals surface area (Å²) in [4.78, 5) is 35.2. The number of hydrogen-bond donors (Lipinski definition) is 1. The molecule has 3 aromatic carbocycles. The number of imidazole rings is 1. The Labute approximate surface area is 240 Å². The zero-order valence-electron chi connectivity index (χ0n) is 23.0. The SMILES string of the molecule is N#Cc1ccc(Cn2cncc2CCNC(=O)[C@H]2CN(Cc3ccccc3)CCN2C(=O)Cc2ccccc2)cc1. The molecule has 2 heterocycles. The van der Waals surface area contributed by atoms with Gasteiger partial charge in [0.25, 0.3) is 0 Å². The fourth-order valence-corrected chi connectivity index (χ4v) is 5.23. The summed E-state index contributed by atoms with van der Waals surface area (Å²) < 4.78 is 2.05. The molecule has 1 aliphatic heterocycles. The molecule has 41 heavy (non-hydrogen) atoms. The number of carbonyl (C=O) groups is 2. The van der Waals surface area contributed by atoms with Crippen LogP contribution in [0.15, 0.2) is 97.5 Å². The van der Waals surface area contributed by atoms with Crippen molar-refractivity contribution in [1.82, 2.24) is 24.7 Å². The van der Waals surface area contributed by atoms with Crippen LogP contribution in [0.25, 0.3) is 0 Å². The van der Waals surface area contributed by atoms with E-state index in [4.69, 9.17) is 5.26 Å². The number of nitrogens with zero attached hydrogens (tertiary/aromatic N) is 5. The molecular formula is C33H34N6O2. The number of amides is 2. The summed E-state index contributed by atoms with van der Waals surface area (Å²) in [6.45, 7) is 3.51. The molecule has 0 spiro atoms. The van der Waals surface area contributed by atoms with Gasteiger partial charge in [-0.15, -0.1) is 0 Å². The first-order chi connectivity index (χ1) is 20.1. The molecule has 0 saturated carbocycles. The minimum absolute atomic E-state index is 0.0313. The van der Waals surface area contributed by atoms with E-state index in [0.29, 0.717) is 44.7 Å². The number of aromatic nitrogens is 2. The van der Waals surface area contributed by atoms with E-state index in [1.165, 1.54) is 5.56 Å². The van der Waals surface area contributed by atoms with Gasteiger partial charge < -0.3 is 14.8 Å². The van der Waals surface area contributed by atoms with E-state index in [1.807, 2.05) is 83.6 Å². The maximum absolute atomic E-state index is 13.5. The lowest BCUT2D eigenvalue weighted by atomic mass is 10.1. The Morgan fingerprint density at radius 3 is 2.27 bits per heavy atom. The van der Waals surface area contributed by atoms with Gasteiger partial charge >= 0.3 is 0 Å². The van der Waals surface area contributed by atoms with Gasteiger partial charge in [-0.05, 0) is 28.8 Å². The molecule has 1 aliphatic rings. The lowest BCUT2D eigenvalue weighted by Crippen LogP contribution is -2.60. The molecule has 5 rings (SSSR count). The van der Waals surface area contributed by atoms with Gasteiger partial charge in [0.2, 0.25) is 11.8 Å². The fourth-order valence-electron chi connectivity index (χ4n) is 5.23. The Hall–Kier alpha value is -4.74. The van der Waals surface area contributed by atoms with E-state index >= 15 is 0 Å². The van der Waals surface area contributed by atoms with Gasteiger partial charge in [0.1, 0.15) is 6.04 Å². The number of carbonyl (C=O) groups excluding carboxylic acids is 2. The van der Waals surface area contributed by atoms with Crippen LogP contribution in [0, 0.1) is 11.3 Å². The average molecular weight is 547 g/mol. The molecule has 0 unspecified atom stereocenters. The highest BCUT2D eigenvalue weighted by Gasteiger charge is 2.35. The lowest BCUT2D eigenvalue weighted by Gasteiger charge is -2.40. The maximum Gasteiger partial charge on any atom is 0.244 e. The van der Waals surface area contributed by atoms with Crippen LogP contribution >= 0.6 is 0 Å². The van der Waals surface area contributed by atoms with Crippen LogP contribution in [0.3, 0.4) is 0 Å². The predicted octanol–water partition coefficient (Wildman–Crippen LogP) is 3.42. The number of nitrogens with one attached hydrogen (secondary N) is 1. The standard InChI is InChI=1S/C33H34N6O2/c34-20-27-11-13-29(14-12-27)23-38-25-35-21-30(38)15-16-36-33(41)31-24-37(22-28-9-5-2-6-10-28)17-18-39(31)32(40)19-26-7-3-1-4-8-26/h1-14,21,25,31H,15-19,22-24H2,(H,36,41)/t31-/m1/s1. The topological polar surface area (TPSA) is 94.3 Å².